The van der Waals surface area contributed by atoms with Crippen LogP contribution < -0.4 is 0 Å². The van der Waals surface area contributed by atoms with E-state index in [-0.39, 0.29) is 5.78 Å². The smallest absolute Gasteiger partial charge is 0.175 e. The van der Waals surface area contributed by atoms with Crippen molar-refractivity contribution in [1.82, 2.24) is 4.98 Å². The molecule has 16 heavy (non-hydrogen) atoms. The molecule has 1 heterocycles. The van der Waals surface area contributed by atoms with Crippen LogP contribution in [0.15, 0.2) is 24.3 Å². The Balaban J connectivity index is 2.05. The van der Waals surface area contributed by atoms with Crippen LogP contribution in [0.3, 0.4) is 0 Å². The Hall–Kier alpha value is -1.48. The van der Waals surface area contributed by atoms with E-state index in [0.29, 0.717) is 6.42 Å². The Labute approximate surface area is 98.0 Å². The Morgan fingerprint density at radius 2 is 1.94 bits per heavy atom. The van der Waals surface area contributed by atoms with Gasteiger partial charge in [0.1, 0.15) is 5.01 Å². The Kier molecular flexibility index (Phi) is 2.14. The van der Waals surface area contributed by atoms with Gasteiger partial charge in [-0.1, -0.05) is 29.8 Å². The van der Waals surface area contributed by atoms with Gasteiger partial charge in [0, 0.05) is 12.0 Å². The minimum absolute atomic E-state index is 0.255. The quantitative estimate of drug-likeness (QED) is 0.751. The summed E-state index contributed by atoms with van der Waals surface area (Å²) in [6.07, 6.45) is 1.46. The van der Waals surface area contributed by atoms with Gasteiger partial charge in [-0.3, -0.25) is 4.79 Å². The molecule has 3 heteroatoms. The first-order valence-electron chi connectivity index (χ1n) is 5.34. The molecule has 1 aliphatic carbocycles. The van der Waals surface area contributed by atoms with E-state index in [1.165, 1.54) is 16.9 Å². The molecule has 0 N–H and O–H groups in total. The highest BCUT2D eigenvalue weighted by molar-refractivity contribution is 7.17. The normalized spacial score (nSPS) is 14.2. The van der Waals surface area contributed by atoms with Crippen molar-refractivity contribution in [2.75, 3.05) is 0 Å². The van der Waals surface area contributed by atoms with Crippen LogP contribution in [0.1, 0.15) is 27.3 Å². The van der Waals surface area contributed by atoms with Gasteiger partial charge in [-0.25, -0.2) is 4.98 Å². The number of hydrogen-bond donors (Lipinski definition) is 0. The molecule has 2 nitrogen and oxygen atoms in total. The van der Waals surface area contributed by atoms with Crippen LogP contribution in [-0.4, -0.2) is 10.8 Å². The molecule has 0 bridgehead atoms. The third-order valence-electron chi connectivity index (χ3n) is 2.84. The second-order valence-corrected chi connectivity index (χ2v) is 5.08. The maximum Gasteiger partial charge on any atom is 0.175 e. The summed E-state index contributed by atoms with van der Waals surface area (Å²) >= 11 is 1.53. The Bertz CT molecular complexity index is 554. The molecular formula is C13H11NOS. The van der Waals surface area contributed by atoms with Crippen molar-refractivity contribution < 1.29 is 4.79 Å². The molecule has 0 aliphatic heterocycles. The highest BCUT2D eigenvalue weighted by Crippen LogP contribution is 2.33. The lowest BCUT2D eigenvalue weighted by atomic mass is 10.2. The summed E-state index contributed by atoms with van der Waals surface area (Å²) in [5.41, 5.74) is 3.34. The number of ketones is 1. The van der Waals surface area contributed by atoms with Gasteiger partial charge in [0.15, 0.2) is 5.78 Å². The summed E-state index contributed by atoms with van der Waals surface area (Å²) in [5, 5.41) is 0.970. The fourth-order valence-corrected chi connectivity index (χ4v) is 2.99. The first-order chi connectivity index (χ1) is 7.74. The molecule has 3 rings (SSSR count). The number of Topliss-reactive ketones (excluding diaryl/α,β-unsaturated/α-hetero) is 1. The van der Waals surface area contributed by atoms with Crippen LogP contribution >= 0.6 is 11.3 Å². The minimum Gasteiger partial charge on any atom is -0.293 e. The lowest BCUT2D eigenvalue weighted by Crippen LogP contribution is -1.85. The van der Waals surface area contributed by atoms with E-state index in [2.05, 4.69) is 36.2 Å². The van der Waals surface area contributed by atoms with Crippen LogP contribution in [-0.2, 0) is 6.42 Å². The maximum atomic E-state index is 11.5. The molecule has 2 aromatic rings. The fraction of sp³-hybridized carbons (Fsp3) is 0.231. The molecule has 1 aromatic carbocycles. The maximum absolute atomic E-state index is 11.5. The van der Waals surface area contributed by atoms with Gasteiger partial charge in [-0.2, -0.15) is 0 Å². The zero-order valence-electron chi connectivity index (χ0n) is 8.99. The summed E-state index contributed by atoms with van der Waals surface area (Å²) < 4.78 is 0. The van der Waals surface area contributed by atoms with Gasteiger partial charge in [0.05, 0.1) is 10.6 Å². The van der Waals surface area contributed by atoms with Crippen molar-refractivity contribution in [2.24, 2.45) is 0 Å². The van der Waals surface area contributed by atoms with Crippen LogP contribution in [0, 0.1) is 6.92 Å². The minimum atomic E-state index is 0.255. The van der Waals surface area contributed by atoms with Crippen LogP contribution in [0.4, 0.5) is 0 Å². The number of benzene rings is 1. The average molecular weight is 229 g/mol. The van der Waals surface area contributed by atoms with E-state index in [1.807, 2.05) is 0 Å². The summed E-state index contributed by atoms with van der Waals surface area (Å²) in [7, 11) is 0. The third kappa shape index (κ3) is 1.48. The topological polar surface area (TPSA) is 30.0 Å². The first kappa shape index (κ1) is 9.73. The monoisotopic (exact) mass is 229 g/mol. The molecule has 1 aromatic heterocycles. The summed E-state index contributed by atoms with van der Waals surface area (Å²) in [4.78, 5) is 16.9. The molecule has 1 aliphatic rings. The number of nitrogens with zero attached hydrogens (tertiary/aromatic N) is 1. The van der Waals surface area contributed by atoms with Crippen LogP contribution in [0.25, 0.3) is 10.6 Å². The predicted molar refractivity (Wildman–Crippen MR) is 64.9 cm³/mol. The van der Waals surface area contributed by atoms with Gasteiger partial charge < -0.3 is 0 Å². The number of hydrogen-bond acceptors (Lipinski definition) is 3. The van der Waals surface area contributed by atoms with E-state index >= 15 is 0 Å². The molecular weight excluding hydrogens is 218 g/mol. The van der Waals surface area contributed by atoms with Gasteiger partial charge in [0.25, 0.3) is 0 Å². The van der Waals surface area contributed by atoms with E-state index in [1.54, 1.807) is 0 Å². The second kappa shape index (κ2) is 3.52. The third-order valence-corrected chi connectivity index (χ3v) is 4.03. The highest BCUT2D eigenvalue weighted by Gasteiger charge is 2.24. The Morgan fingerprint density at radius 1 is 1.19 bits per heavy atom. The number of aryl methyl sites for hydroxylation is 2. The number of thiazole rings is 1. The van der Waals surface area contributed by atoms with Crippen molar-refractivity contribution in [3.8, 4) is 10.6 Å². The fourth-order valence-electron chi connectivity index (χ4n) is 1.90. The van der Waals surface area contributed by atoms with Gasteiger partial charge >= 0.3 is 0 Å². The van der Waals surface area contributed by atoms with E-state index in [9.17, 15) is 4.79 Å². The van der Waals surface area contributed by atoms with Crippen LogP contribution in [0.2, 0.25) is 0 Å². The van der Waals surface area contributed by atoms with E-state index in [0.717, 1.165) is 27.6 Å². The molecule has 0 spiro atoms. The molecule has 0 amide bonds. The highest BCUT2D eigenvalue weighted by atomic mass is 32.1. The SMILES string of the molecule is Cc1ccc(-c2nc3c(s2)C(=O)CC3)cc1. The molecule has 0 saturated carbocycles. The second-order valence-electron chi connectivity index (χ2n) is 4.08. The van der Waals surface area contributed by atoms with E-state index in [4.69, 9.17) is 0 Å². The van der Waals surface area contributed by atoms with Crippen molar-refractivity contribution in [3.63, 3.8) is 0 Å². The van der Waals surface area contributed by atoms with E-state index < -0.39 is 0 Å². The van der Waals surface area contributed by atoms with Crippen molar-refractivity contribution in [1.29, 1.82) is 0 Å². The average Bonchev–Trinajstić information content (AvgIpc) is 2.83. The molecule has 0 unspecified atom stereocenters. The zero-order chi connectivity index (χ0) is 11.1. The summed E-state index contributed by atoms with van der Waals surface area (Å²) in [6.45, 7) is 2.06. The van der Waals surface area contributed by atoms with Crippen molar-refractivity contribution in [2.45, 2.75) is 19.8 Å². The number of rotatable bonds is 1. The van der Waals surface area contributed by atoms with Crippen molar-refractivity contribution in [3.05, 3.63) is 40.4 Å². The standard InChI is InChI=1S/C13H11NOS/c1-8-2-4-9(5-3-8)13-14-10-6-7-11(15)12(10)16-13/h2-5H,6-7H2,1H3. The zero-order valence-corrected chi connectivity index (χ0v) is 9.80. The number of carbonyl (C=O) groups excluding carboxylic acids is 1. The lowest BCUT2D eigenvalue weighted by Gasteiger charge is -1.96. The van der Waals surface area contributed by atoms with Gasteiger partial charge in [0.2, 0.25) is 0 Å². The van der Waals surface area contributed by atoms with Gasteiger partial charge in [-0.05, 0) is 13.3 Å². The first-order valence-corrected chi connectivity index (χ1v) is 6.15. The number of carbonyl (C=O) groups is 1. The number of aromatic nitrogens is 1. The number of fused-ring (bicyclic) bond motifs is 1. The molecule has 0 radical (unpaired) electrons. The largest absolute Gasteiger partial charge is 0.293 e. The Morgan fingerprint density at radius 3 is 2.62 bits per heavy atom. The molecule has 80 valence electrons. The summed E-state index contributed by atoms with van der Waals surface area (Å²) in [5.74, 6) is 0.255. The molecule has 0 atom stereocenters. The molecule has 0 saturated heterocycles. The lowest BCUT2D eigenvalue weighted by molar-refractivity contribution is 0.0998. The predicted octanol–water partition coefficient (Wildman–Crippen LogP) is 3.25. The van der Waals surface area contributed by atoms with Crippen LogP contribution in [0.5, 0.6) is 0 Å². The van der Waals surface area contributed by atoms with Crippen molar-refractivity contribution >= 4 is 17.1 Å². The summed E-state index contributed by atoms with van der Waals surface area (Å²) in [6, 6.07) is 8.27. The molecule has 0 fully saturated rings. The van der Waals surface area contributed by atoms with Gasteiger partial charge in [-0.15, -0.1) is 11.3 Å².